The summed E-state index contributed by atoms with van der Waals surface area (Å²) in [5.41, 5.74) is 3.15. The Bertz CT molecular complexity index is 943. The second kappa shape index (κ2) is 7.46. The van der Waals surface area contributed by atoms with Gasteiger partial charge in [-0.25, -0.2) is 8.42 Å². The average Bonchev–Trinajstić information content (AvgIpc) is 2.63. The fourth-order valence-electron chi connectivity index (χ4n) is 2.57. The number of anilines is 1. The lowest BCUT2D eigenvalue weighted by atomic mass is 10.0. The third-order valence-corrected chi connectivity index (χ3v) is 5.12. The first kappa shape index (κ1) is 17.1. The molecule has 0 saturated heterocycles. The van der Waals surface area contributed by atoms with Crippen molar-refractivity contribution in [1.82, 2.24) is 10.3 Å². The Morgan fingerprint density at radius 3 is 2.48 bits per heavy atom. The largest absolute Gasteiger partial charge is 0.316 e. The average molecular weight is 353 g/mol. The molecule has 0 radical (unpaired) electrons. The Morgan fingerprint density at radius 2 is 1.80 bits per heavy atom. The number of pyridine rings is 1. The predicted molar refractivity (Wildman–Crippen MR) is 99.7 cm³/mol. The summed E-state index contributed by atoms with van der Waals surface area (Å²) in [6.45, 7) is 0.646. The molecule has 0 bridgehead atoms. The smallest absolute Gasteiger partial charge is 0.261 e. The first-order valence-corrected chi connectivity index (χ1v) is 9.34. The Morgan fingerprint density at radius 1 is 1.00 bits per heavy atom. The zero-order chi connectivity index (χ0) is 17.7. The molecule has 3 rings (SSSR count). The summed E-state index contributed by atoms with van der Waals surface area (Å²) in [5, 5.41) is 3.08. The summed E-state index contributed by atoms with van der Waals surface area (Å²) in [4.78, 5) is 4.35. The number of aromatic nitrogens is 1. The van der Waals surface area contributed by atoms with Crippen LogP contribution < -0.4 is 10.0 Å². The lowest BCUT2D eigenvalue weighted by Crippen LogP contribution is -2.14. The fourth-order valence-corrected chi connectivity index (χ4v) is 3.66. The summed E-state index contributed by atoms with van der Waals surface area (Å²) in [7, 11) is -1.82. The summed E-state index contributed by atoms with van der Waals surface area (Å²) in [5.74, 6) is 0. The van der Waals surface area contributed by atoms with Gasteiger partial charge in [-0.1, -0.05) is 36.4 Å². The van der Waals surface area contributed by atoms with Crippen molar-refractivity contribution < 1.29 is 8.42 Å². The van der Waals surface area contributed by atoms with Crippen molar-refractivity contribution in [2.24, 2.45) is 0 Å². The van der Waals surface area contributed by atoms with E-state index in [1.807, 2.05) is 37.4 Å². The van der Waals surface area contributed by atoms with Crippen molar-refractivity contribution in [3.63, 3.8) is 0 Å². The molecule has 0 aliphatic carbocycles. The third kappa shape index (κ3) is 4.04. The lowest BCUT2D eigenvalue weighted by Gasteiger charge is -2.14. The van der Waals surface area contributed by atoms with E-state index in [0.717, 1.165) is 16.7 Å². The number of sulfonamides is 1. The van der Waals surface area contributed by atoms with E-state index in [9.17, 15) is 8.42 Å². The van der Waals surface area contributed by atoms with Crippen LogP contribution in [-0.2, 0) is 16.6 Å². The van der Waals surface area contributed by atoms with Crippen LogP contribution in [-0.4, -0.2) is 20.4 Å². The molecule has 1 heterocycles. The van der Waals surface area contributed by atoms with Crippen LogP contribution >= 0.6 is 0 Å². The highest BCUT2D eigenvalue weighted by Gasteiger charge is 2.16. The number of nitrogens with one attached hydrogen (secondary N) is 2. The molecule has 2 N–H and O–H groups in total. The van der Waals surface area contributed by atoms with E-state index < -0.39 is 10.0 Å². The first-order valence-electron chi connectivity index (χ1n) is 7.86. The molecule has 0 spiro atoms. The summed E-state index contributed by atoms with van der Waals surface area (Å²) in [6, 6.07) is 17.8. The van der Waals surface area contributed by atoms with Crippen LogP contribution in [0.15, 0.2) is 78.0 Å². The Balaban J connectivity index is 2.05. The molecule has 0 unspecified atom stereocenters. The van der Waals surface area contributed by atoms with Gasteiger partial charge < -0.3 is 5.32 Å². The zero-order valence-electron chi connectivity index (χ0n) is 13.8. The topological polar surface area (TPSA) is 71.1 Å². The van der Waals surface area contributed by atoms with Crippen molar-refractivity contribution in [2.75, 3.05) is 11.8 Å². The van der Waals surface area contributed by atoms with Crippen LogP contribution in [0.5, 0.6) is 0 Å². The molecule has 5 nitrogen and oxygen atoms in total. The predicted octanol–water partition coefficient (Wildman–Crippen LogP) is 3.27. The molecule has 0 atom stereocenters. The van der Waals surface area contributed by atoms with Crippen molar-refractivity contribution in [1.29, 1.82) is 0 Å². The Kier molecular flexibility index (Phi) is 5.11. The molecule has 0 amide bonds. The van der Waals surface area contributed by atoms with Gasteiger partial charge in [0.05, 0.1) is 10.6 Å². The molecule has 0 aliphatic heterocycles. The molecule has 6 heteroatoms. The van der Waals surface area contributed by atoms with Gasteiger partial charge in [0.2, 0.25) is 0 Å². The van der Waals surface area contributed by atoms with Crippen LogP contribution in [0.4, 0.5) is 5.69 Å². The van der Waals surface area contributed by atoms with Gasteiger partial charge in [-0.05, 0) is 36.9 Å². The van der Waals surface area contributed by atoms with Crippen molar-refractivity contribution in [2.45, 2.75) is 11.4 Å². The van der Waals surface area contributed by atoms with E-state index in [-0.39, 0.29) is 4.90 Å². The Labute approximate surface area is 147 Å². The highest BCUT2D eigenvalue weighted by molar-refractivity contribution is 7.92. The number of benzene rings is 2. The molecule has 0 fully saturated rings. The quantitative estimate of drug-likeness (QED) is 0.713. The van der Waals surface area contributed by atoms with E-state index in [0.29, 0.717) is 12.2 Å². The summed E-state index contributed by atoms with van der Waals surface area (Å²) in [6.07, 6.45) is 3.40. The molecular weight excluding hydrogens is 334 g/mol. The van der Waals surface area contributed by atoms with Gasteiger partial charge in [-0.3, -0.25) is 9.71 Å². The van der Waals surface area contributed by atoms with Crippen LogP contribution in [0.3, 0.4) is 0 Å². The highest BCUT2D eigenvalue weighted by Crippen LogP contribution is 2.30. The van der Waals surface area contributed by atoms with Crippen LogP contribution in [0.25, 0.3) is 11.1 Å². The molecule has 0 aliphatic rings. The van der Waals surface area contributed by atoms with Crippen molar-refractivity contribution in [3.05, 3.63) is 78.6 Å². The molecule has 1 aromatic heterocycles. The SMILES string of the molecule is CNCc1ccc(-c2cccnc2)c(NS(=O)(=O)c2ccccc2)c1. The Hall–Kier alpha value is -2.70. The minimum atomic E-state index is -3.67. The molecule has 3 aromatic rings. The molecule has 128 valence electrons. The van der Waals surface area contributed by atoms with E-state index in [2.05, 4.69) is 15.0 Å². The van der Waals surface area contributed by atoms with E-state index in [4.69, 9.17) is 0 Å². The second-order valence-corrected chi connectivity index (χ2v) is 7.25. The maximum Gasteiger partial charge on any atom is 0.261 e. The van der Waals surface area contributed by atoms with Gasteiger partial charge in [0.1, 0.15) is 0 Å². The fraction of sp³-hybridized carbons (Fsp3) is 0.105. The van der Waals surface area contributed by atoms with Crippen LogP contribution in [0.2, 0.25) is 0 Å². The highest BCUT2D eigenvalue weighted by atomic mass is 32.2. The van der Waals surface area contributed by atoms with Gasteiger partial charge in [-0.2, -0.15) is 0 Å². The number of hydrogen-bond acceptors (Lipinski definition) is 4. The van der Waals surface area contributed by atoms with Crippen molar-refractivity contribution >= 4 is 15.7 Å². The van der Waals surface area contributed by atoms with E-state index in [1.165, 1.54) is 0 Å². The van der Waals surface area contributed by atoms with Gasteiger partial charge in [0.25, 0.3) is 10.0 Å². The van der Waals surface area contributed by atoms with Gasteiger partial charge >= 0.3 is 0 Å². The minimum Gasteiger partial charge on any atom is -0.316 e. The normalized spacial score (nSPS) is 11.2. The van der Waals surface area contributed by atoms with Gasteiger partial charge in [-0.15, -0.1) is 0 Å². The van der Waals surface area contributed by atoms with Crippen LogP contribution in [0, 0.1) is 0 Å². The summed E-state index contributed by atoms with van der Waals surface area (Å²) >= 11 is 0. The number of hydrogen-bond donors (Lipinski definition) is 2. The van der Waals surface area contributed by atoms with Crippen LogP contribution in [0.1, 0.15) is 5.56 Å². The number of rotatable bonds is 6. The standard InChI is InChI=1S/C19H19N3O2S/c1-20-13-15-9-10-18(16-6-5-11-21-14-16)19(12-15)22-25(23,24)17-7-3-2-4-8-17/h2-12,14,20,22H,13H2,1H3. The zero-order valence-corrected chi connectivity index (χ0v) is 14.6. The maximum absolute atomic E-state index is 12.7. The minimum absolute atomic E-state index is 0.228. The molecular formula is C19H19N3O2S. The number of nitrogens with zero attached hydrogens (tertiary/aromatic N) is 1. The third-order valence-electron chi connectivity index (χ3n) is 3.74. The van der Waals surface area contributed by atoms with Crippen molar-refractivity contribution in [3.8, 4) is 11.1 Å². The van der Waals surface area contributed by atoms with E-state index in [1.54, 1.807) is 42.7 Å². The lowest BCUT2D eigenvalue weighted by molar-refractivity contribution is 0.601. The van der Waals surface area contributed by atoms with Gasteiger partial charge in [0.15, 0.2) is 0 Å². The first-order chi connectivity index (χ1) is 12.1. The summed E-state index contributed by atoms with van der Waals surface area (Å²) < 4.78 is 28.1. The molecule has 25 heavy (non-hydrogen) atoms. The molecule has 2 aromatic carbocycles. The monoisotopic (exact) mass is 353 g/mol. The van der Waals surface area contributed by atoms with Gasteiger partial charge in [0, 0.05) is 30.1 Å². The second-order valence-electron chi connectivity index (χ2n) is 5.57. The van der Waals surface area contributed by atoms with E-state index >= 15 is 0 Å². The maximum atomic E-state index is 12.7. The molecule has 0 saturated carbocycles.